The van der Waals surface area contributed by atoms with E-state index in [0.29, 0.717) is 15.5 Å². The van der Waals surface area contributed by atoms with Crippen LogP contribution in [0.4, 0.5) is 0 Å². The van der Waals surface area contributed by atoms with Crippen LogP contribution in [0.25, 0.3) is 0 Å². The predicted molar refractivity (Wildman–Crippen MR) is 70.7 cm³/mol. The van der Waals surface area contributed by atoms with Crippen LogP contribution in [0.15, 0.2) is 35.6 Å². The van der Waals surface area contributed by atoms with Gasteiger partial charge in [0.1, 0.15) is 10.3 Å². The topological polar surface area (TPSA) is 38.7 Å². The minimum atomic E-state index is 0.366. The van der Waals surface area contributed by atoms with Crippen LogP contribution in [0.2, 0.25) is 10.3 Å². The Balaban J connectivity index is 1.90. The molecule has 0 aromatic carbocycles. The van der Waals surface area contributed by atoms with Crippen molar-refractivity contribution in [1.82, 2.24) is 15.0 Å². The number of nitrogens with zero attached hydrogens (tertiary/aromatic N) is 3. The summed E-state index contributed by atoms with van der Waals surface area (Å²) in [4.78, 5) is 12.4. The monoisotopic (exact) mass is 285 g/mol. The highest BCUT2D eigenvalue weighted by atomic mass is 35.5. The lowest BCUT2D eigenvalue weighted by molar-refractivity contribution is 0.961. The van der Waals surface area contributed by atoms with E-state index in [-0.39, 0.29) is 0 Å². The molecule has 0 aliphatic carbocycles. The Hall–Kier alpha value is -0.840. The van der Waals surface area contributed by atoms with Crippen LogP contribution in [0.1, 0.15) is 5.69 Å². The molecule has 3 nitrogen and oxygen atoms in total. The van der Waals surface area contributed by atoms with Crippen molar-refractivity contribution in [1.29, 1.82) is 0 Å². The highest BCUT2D eigenvalue weighted by Gasteiger charge is 2.03. The van der Waals surface area contributed by atoms with Gasteiger partial charge in [-0.15, -0.1) is 0 Å². The Labute approximate surface area is 114 Å². The number of aryl methyl sites for hydroxylation is 1. The average Bonchev–Trinajstić information content (AvgIpc) is 2.29. The zero-order valence-corrected chi connectivity index (χ0v) is 11.1. The molecule has 17 heavy (non-hydrogen) atoms. The average molecular weight is 286 g/mol. The van der Waals surface area contributed by atoms with Crippen molar-refractivity contribution in [3.05, 3.63) is 46.5 Å². The maximum atomic E-state index is 5.78. The van der Waals surface area contributed by atoms with Crippen LogP contribution in [-0.4, -0.2) is 20.7 Å². The van der Waals surface area contributed by atoms with Gasteiger partial charge in [0.15, 0.2) is 5.16 Å². The van der Waals surface area contributed by atoms with Crippen molar-refractivity contribution >= 4 is 35.0 Å². The van der Waals surface area contributed by atoms with Crippen LogP contribution in [0.5, 0.6) is 0 Å². The smallest absolute Gasteiger partial charge is 0.190 e. The Morgan fingerprint density at radius 2 is 1.88 bits per heavy atom. The number of pyridine rings is 1. The molecule has 0 radical (unpaired) electrons. The summed E-state index contributed by atoms with van der Waals surface area (Å²) in [5.74, 6) is 0.841. The van der Waals surface area contributed by atoms with Crippen LogP contribution in [0, 0.1) is 0 Å². The van der Waals surface area contributed by atoms with Gasteiger partial charge in [0, 0.05) is 23.7 Å². The summed E-state index contributed by atoms with van der Waals surface area (Å²) in [6.45, 7) is 0. The van der Waals surface area contributed by atoms with E-state index in [2.05, 4.69) is 15.0 Å². The number of hydrogen-bond donors (Lipinski definition) is 0. The quantitative estimate of drug-likeness (QED) is 0.490. The lowest BCUT2D eigenvalue weighted by Gasteiger charge is -2.01. The van der Waals surface area contributed by atoms with Gasteiger partial charge >= 0.3 is 0 Å². The van der Waals surface area contributed by atoms with Crippen LogP contribution < -0.4 is 0 Å². The summed E-state index contributed by atoms with van der Waals surface area (Å²) < 4.78 is 0. The van der Waals surface area contributed by atoms with Crippen LogP contribution in [-0.2, 0) is 6.42 Å². The zero-order valence-electron chi connectivity index (χ0n) is 8.81. The summed E-state index contributed by atoms with van der Waals surface area (Å²) in [5, 5.41) is 1.33. The molecular weight excluding hydrogens is 277 g/mol. The molecule has 0 aliphatic rings. The van der Waals surface area contributed by atoms with Crippen molar-refractivity contribution in [2.24, 2.45) is 0 Å². The van der Waals surface area contributed by atoms with Gasteiger partial charge in [-0.3, -0.25) is 4.98 Å². The summed E-state index contributed by atoms with van der Waals surface area (Å²) in [6.07, 6.45) is 2.64. The van der Waals surface area contributed by atoms with Gasteiger partial charge in [0.25, 0.3) is 0 Å². The highest BCUT2D eigenvalue weighted by Crippen LogP contribution is 2.19. The molecule has 88 valence electrons. The first-order chi connectivity index (χ1) is 8.24. The fourth-order valence-electron chi connectivity index (χ4n) is 1.23. The molecule has 0 unspecified atom stereocenters. The van der Waals surface area contributed by atoms with Crippen molar-refractivity contribution < 1.29 is 0 Å². The molecule has 0 atom stereocenters. The number of hydrogen-bond acceptors (Lipinski definition) is 4. The van der Waals surface area contributed by atoms with Gasteiger partial charge in [-0.25, -0.2) is 9.97 Å². The molecule has 2 heterocycles. The van der Waals surface area contributed by atoms with Crippen molar-refractivity contribution in [2.75, 3.05) is 5.75 Å². The highest BCUT2D eigenvalue weighted by molar-refractivity contribution is 7.99. The molecular formula is C11H9Cl2N3S. The Bertz CT molecular complexity index is 473. The molecule has 0 spiro atoms. The van der Waals surface area contributed by atoms with Gasteiger partial charge in [-0.2, -0.15) is 0 Å². The van der Waals surface area contributed by atoms with Gasteiger partial charge in [0.05, 0.1) is 0 Å². The molecule has 0 amide bonds. The number of halogens is 2. The Kier molecular flexibility index (Phi) is 4.59. The van der Waals surface area contributed by atoms with E-state index in [1.807, 2.05) is 18.2 Å². The number of thioether (sulfide) groups is 1. The van der Waals surface area contributed by atoms with Crippen LogP contribution in [0.3, 0.4) is 0 Å². The van der Waals surface area contributed by atoms with E-state index in [1.165, 1.54) is 17.8 Å². The molecule has 0 saturated carbocycles. The molecule has 2 aromatic heterocycles. The Morgan fingerprint density at radius 3 is 2.53 bits per heavy atom. The first kappa shape index (κ1) is 12.6. The molecule has 0 fully saturated rings. The van der Waals surface area contributed by atoms with E-state index in [0.717, 1.165) is 17.9 Å². The minimum absolute atomic E-state index is 0.366. The molecule has 0 saturated heterocycles. The molecule has 0 bridgehead atoms. The fourth-order valence-corrected chi connectivity index (χ4v) is 2.57. The molecule has 2 aromatic rings. The number of rotatable bonds is 4. The molecule has 6 heteroatoms. The molecule has 2 rings (SSSR count). The third kappa shape index (κ3) is 4.15. The summed E-state index contributed by atoms with van der Waals surface area (Å²) in [5.41, 5.74) is 1.05. The first-order valence-electron chi connectivity index (χ1n) is 4.97. The lowest BCUT2D eigenvalue weighted by Crippen LogP contribution is -1.94. The van der Waals surface area contributed by atoms with Gasteiger partial charge in [-0.1, -0.05) is 41.0 Å². The largest absolute Gasteiger partial charge is 0.261 e. The van der Waals surface area contributed by atoms with Gasteiger partial charge < -0.3 is 0 Å². The molecule has 0 N–H and O–H groups in total. The van der Waals surface area contributed by atoms with Gasteiger partial charge in [0.2, 0.25) is 0 Å². The third-order valence-electron chi connectivity index (χ3n) is 1.96. The maximum Gasteiger partial charge on any atom is 0.190 e. The SMILES string of the molecule is Clc1cc(Cl)nc(SCCc2ccccn2)n1. The first-order valence-corrected chi connectivity index (χ1v) is 6.71. The normalized spacial score (nSPS) is 10.5. The number of aromatic nitrogens is 3. The van der Waals surface area contributed by atoms with E-state index in [9.17, 15) is 0 Å². The van der Waals surface area contributed by atoms with E-state index >= 15 is 0 Å². The lowest BCUT2D eigenvalue weighted by atomic mass is 10.3. The van der Waals surface area contributed by atoms with Gasteiger partial charge in [-0.05, 0) is 18.6 Å². The fraction of sp³-hybridized carbons (Fsp3) is 0.182. The van der Waals surface area contributed by atoms with E-state index < -0.39 is 0 Å². The molecule has 0 aliphatic heterocycles. The predicted octanol–water partition coefficient (Wildman–Crippen LogP) is 3.51. The second kappa shape index (κ2) is 6.19. The summed E-state index contributed by atoms with van der Waals surface area (Å²) in [7, 11) is 0. The van der Waals surface area contributed by atoms with E-state index in [1.54, 1.807) is 6.20 Å². The van der Waals surface area contributed by atoms with Crippen LogP contribution >= 0.6 is 35.0 Å². The van der Waals surface area contributed by atoms with Crippen molar-refractivity contribution in [3.63, 3.8) is 0 Å². The summed E-state index contributed by atoms with van der Waals surface area (Å²) >= 11 is 13.1. The second-order valence-electron chi connectivity index (χ2n) is 3.22. The second-order valence-corrected chi connectivity index (χ2v) is 5.05. The van der Waals surface area contributed by atoms with Crippen molar-refractivity contribution in [3.8, 4) is 0 Å². The maximum absolute atomic E-state index is 5.78. The standard InChI is InChI=1S/C11H9Cl2N3S/c12-9-7-10(13)16-11(15-9)17-6-4-8-3-1-2-5-14-8/h1-3,5,7H,4,6H2. The van der Waals surface area contributed by atoms with Crippen molar-refractivity contribution in [2.45, 2.75) is 11.6 Å². The third-order valence-corrected chi connectivity index (χ3v) is 3.19. The Morgan fingerprint density at radius 1 is 1.12 bits per heavy atom. The minimum Gasteiger partial charge on any atom is -0.261 e. The zero-order chi connectivity index (χ0) is 12.1. The van der Waals surface area contributed by atoms with E-state index in [4.69, 9.17) is 23.2 Å². The summed E-state index contributed by atoms with van der Waals surface area (Å²) in [6, 6.07) is 7.38.